The Morgan fingerprint density at radius 3 is 2.64 bits per heavy atom. The zero-order valence-electron chi connectivity index (χ0n) is 14.0. The summed E-state index contributed by atoms with van der Waals surface area (Å²) in [6, 6.07) is 15.6. The minimum absolute atomic E-state index is 0. The van der Waals surface area contributed by atoms with Crippen molar-refractivity contribution < 1.29 is 13.9 Å². The second kappa shape index (κ2) is 7.95. The molecule has 25 heavy (non-hydrogen) atoms. The molecule has 0 bridgehead atoms. The molecule has 1 amide bonds. The predicted octanol–water partition coefficient (Wildman–Crippen LogP) is 3.02. The number of ether oxygens (including phenoxy) is 1. The SMILES string of the molecule is CC(N)(C(=O)N1CCOC(c2cccc(F)c2)C1)c1ccccc1.Cl. The highest BCUT2D eigenvalue weighted by Crippen LogP contribution is 2.26. The Bertz CT molecular complexity index is 724. The van der Waals surface area contributed by atoms with Crippen LogP contribution in [0.3, 0.4) is 0 Å². The summed E-state index contributed by atoms with van der Waals surface area (Å²) in [5.41, 5.74) is 6.72. The molecule has 2 atom stereocenters. The van der Waals surface area contributed by atoms with Crippen molar-refractivity contribution in [3.05, 3.63) is 71.5 Å². The molecular formula is C19H22ClFN2O2. The Balaban J connectivity index is 0.00000225. The average Bonchev–Trinajstić information content (AvgIpc) is 2.62. The van der Waals surface area contributed by atoms with Crippen LogP contribution in [0.15, 0.2) is 54.6 Å². The van der Waals surface area contributed by atoms with E-state index in [1.54, 1.807) is 24.0 Å². The third-order valence-corrected chi connectivity index (χ3v) is 4.39. The van der Waals surface area contributed by atoms with Crippen molar-refractivity contribution in [2.75, 3.05) is 19.7 Å². The highest BCUT2D eigenvalue weighted by molar-refractivity contribution is 5.87. The Morgan fingerprint density at radius 2 is 1.96 bits per heavy atom. The summed E-state index contributed by atoms with van der Waals surface area (Å²) in [5.74, 6) is -0.467. The van der Waals surface area contributed by atoms with Crippen molar-refractivity contribution in [3.8, 4) is 0 Å². The van der Waals surface area contributed by atoms with Gasteiger partial charge in [0.15, 0.2) is 0 Å². The first-order valence-corrected chi connectivity index (χ1v) is 7.99. The second-order valence-corrected chi connectivity index (χ2v) is 6.23. The molecule has 2 aromatic rings. The van der Waals surface area contributed by atoms with E-state index in [0.29, 0.717) is 19.7 Å². The number of halogens is 2. The monoisotopic (exact) mass is 364 g/mol. The van der Waals surface area contributed by atoms with Crippen LogP contribution in [0.1, 0.15) is 24.2 Å². The highest BCUT2D eigenvalue weighted by atomic mass is 35.5. The molecule has 1 heterocycles. The lowest BCUT2D eigenvalue weighted by atomic mass is 9.91. The van der Waals surface area contributed by atoms with E-state index in [1.807, 2.05) is 30.3 Å². The molecule has 0 aromatic heterocycles. The molecule has 0 radical (unpaired) electrons. The van der Waals surface area contributed by atoms with Gasteiger partial charge in [-0.05, 0) is 30.2 Å². The van der Waals surface area contributed by atoms with Gasteiger partial charge in [-0.15, -0.1) is 12.4 Å². The van der Waals surface area contributed by atoms with Crippen molar-refractivity contribution in [1.29, 1.82) is 0 Å². The summed E-state index contributed by atoms with van der Waals surface area (Å²) < 4.78 is 19.1. The van der Waals surface area contributed by atoms with Gasteiger partial charge in [0, 0.05) is 6.54 Å². The van der Waals surface area contributed by atoms with Crippen LogP contribution >= 0.6 is 12.4 Å². The first-order valence-electron chi connectivity index (χ1n) is 7.99. The second-order valence-electron chi connectivity index (χ2n) is 6.23. The van der Waals surface area contributed by atoms with E-state index in [2.05, 4.69) is 0 Å². The molecule has 1 saturated heterocycles. The van der Waals surface area contributed by atoms with E-state index in [4.69, 9.17) is 10.5 Å². The van der Waals surface area contributed by atoms with E-state index in [-0.39, 0.29) is 30.2 Å². The molecule has 1 fully saturated rings. The van der Waals surface area contributed by atoms with Crippen molar-refractivity contribution in [3.63, 3.8) is 0 Å². The van der Waals surface area contributed by atoms with Crippen LogP contribution < -0.4 is 5.73 Å². The molecule has 0 spiro atoms. The smallest absolute Gasteiger partial charge is 0.247 e. The Hall–Kier alpha value is -1.95. The third kappa shape index (κ3) is 4.18. The summed E-state index contributed by atoms with van der Waals surface area (Å²) in [6.07, 6.45) is -0.343. The van der Waals surface area contributed by atoms with Crippen LogP contribution in [-0.2, 0) is 15.1 Å². The fourth-order valence-corrected chi connectivity index (χ4v) is 2.98. The van der Waals surface area contributed by atoms with Gasteiger partial charge in [0.25, 0.3) is 0 Å². The van der Waals surface area contributed by atoms with Gasteiger partial charge in [-0.2, -0.15) is 0 Å². The number of rotatable bonds is 3. The van der Waals surface area contributed by atoms with E-state index in [1.165, 1.54) is 12.1 Å². The van der Waals surface area contributed by atoms with Gasteiger partial charge in [-0.25, -0.2) is 4.39 Å². The predicted molar refractivity (Wildman–Crippen MR) is 96.9 cm³/mol. The Kier molecular flexibility index (Phi) is 6.16. The van der Waals surface area contributed by atoms with Crippen LogP contribution in [0, 0.1) is 5.82 Å². The average molecular weight is 365 g/mol. The molecule has 1 aliphatic heterocycles. The minimum atomic E-state index is -1.11. The molecule has 1 aliphatic rings. The third-order valence-electron chi connectivity index (χ3n) is 4.39. The van der Waals surface area contributed by atoms with Crippen molar-refractivity contribution in [2.45, 2.75) is 18.6 Å². The standard InChI is InChI=1S/C19H21FN2O2.ClH/c1-19(21,15-7-3-2-4-8-15)18(23)22-10-11-24-17(13-22)14-6-5-9-16(20)12-14;/h2-9,12,17H,10-11,13,21H2,1H3;1H. The van der Waals surface area contributed by atoms with E-state index in [0.717, 1.165) is 11.1 Å². The summed E-state index contributed by atoms with van der Waals surface area (Å²) in [4.78, 5) is 14.6. The molecule has 3 rings (SSSR count). The van der Waals surface area contributed by atoms with Crippen LogP contribution in [0.5, 0.6) is 0 Å². The van der Waals surface area contributed by atoms with Crippen molar-refractivity contribution >= 4 is 18.3 Å². The lowest BCUT2D eigenvalue weighted by Crippen LogP contribution is -2.54. The maximum absolute atomic E-state index is 13.4. The van der Waals surface area contributed by atoms with Crippen LogP contribution in [-0.4, -0.2) is 30.5 Å². The molecular weight excluding hydrogens is 343 g/mol. The van der Waals surface area contributed by atoms with Gasteiger partial charge < -0.3 is 15.4 Å². The quantitative estimate of drug-likeness (QED) is 0.910. The molecule has 2 aromatic carbocycles. The molecule has 134 valence electrons. The van der Waals surface area contributed by atoms with Gasteiger partial charge in [0.05, 0.1) is 13.2 Å². The number of hydrogen-bond acceptors (Lipinski definition) is 3. The number of amides is 1. The van der Waals surface area contributed by atoms with E-state index in [9.17, 15) is 9.18 Å². The topological polar surface area (TPSA) is 55.6 Å². The normalized spacial score (nSPS) is 19.6. The van der Waals surface area contributed by atoms with Gasteiger partial charge in [-0.1, -0.05) is 42.5 Å². The summed E-state index contributed by atoms with van der Waals surface area (Å²) in [7, 11) is 0. The summed E-state index contributed by atoms with van der Waals surface area (Å²) in [5, 5.41) is 0. The first kappa shape index (κ1) is 19.4. The lowest BCUT2D eigenvalue weighted by molar-refractivity contribution is -0.144. The molecule has 6 heteroatoms. The maximum atomic E-state index is 13.4. The van der Waals surface area contributed by atoms with Crippen LogP contribution in [0.2, 0.25) is 0 Å². The van der Waals surface area contributed by atoms with Crippen molar-refractivity contribution in [2.24, 2.45) is 5.73 Å². The van der Waals surface area contributed by atoms with Gasteiger partial charge >= 0.3 is 0 Å². The van der Waals surface area contributed by atoms with Crippen LogP contribution in [0.25, 0.3) is 0 Å². The molecule has 2 unspecified atom stereocenters. The summed E-state index contributed by atoms with van der Waals surface area (Å²) >= 11 is 0. The van der Waals surface area contributed by atoms with E-state index < -0.39 is 5.54 Å². The number of benzene rings is 2. The fourth-order valence-electron chi connectivity index (χ4n) is 2.98. The molecule has 0 saturated carbocycles. The zero-order valence-corrected chi connectivity index (χ0v) is 14.8. The van der Waals surface area contributed by atoms with Gasteiger partial charge in [0.1, 0.15) is 17.5 Å². The maximum Gasteiger partial charge on any atom is 0.247 e. The lowest BCUT2D eigenvalue weighted by Gasteiger charge is -2.37. The zero-order chi connectivity index (χ0) is 17.2. The van der Waals surface area contributed by atoms with Gasteiger partial charge in [-0.3, -0.25) is 4.79 Å². The fraction of sp³-hybridized carbons (Fsp3) is 0.316. The number of morpholine rings is 1. The number of nitrogens with zero attached hydrogens (tertiary/aromatic N) is 1. The van der Waals surface area contributed by atoms with Crippen LogP contribution in [0.4, 0.5) is 4.39 Å². The minimum Gasteiger partial charge on any atom is -0.370 e. The molecule has 0 aliphatic carbocycles. The number of carbonyl (C=O) groups is 1. The Labute approximate surface area is 153 Å². The number of hydrogen-bond donors (Lipinski definition) is 1. The largest absolute Gasteiger partial charge is 0.370 e. The highest BCUT2D eigenvalue weighted by Gasteiger charge is 2.37. The first-order chi connectivity index (χ1) is 11.5. The molecule has 2 N–H and O–H groups in total. The number of nitrogens with two attached hydrogens (primary N) is 1. The van der Waals surface area contributed by atoms with E-state index >= 15 is 0 Å². The number of carbonyl (C=O) groups excluding carboxylic acids is 1. The Morgan fingerprint density at radius 1 is 1.24 bits per heavy atom. The molecule has 4 nitrogen and oxygen atoms in total. The summed E-state index contributed by atoms with van der Waals surface area (Å²) in [6.45, 7) is 2.96. The van der Waals surface area contributed by atoms with Crippen molar-refractivity contribution in [1.82, 2.24) is 4.90 Å². The van der Waals surface area contributed by atoms with Gasteiger partial charge in [0.2, 0.25) is 5.91 Å².